The molecule has 0 saturated carbocycles. The van der Waals surface area contributed by atoms with Gasteiger partial charge in [-0.2, -0.15) is 0 Å². The lowest BCUT2D eigenvalue weighted by molar-refractivity contribution is -0.132. The highest BCUT2D eigenvalue weighted by Crippen LogP contribution is 2.33. The van der Waals surface area contributed by atoms with Gasteiger partial charge in [0.25, 0.3) is 5.91 Å². The SMILES string of the molecule is CCC1(c2ccc(OC)cc2)NC(=O)N(CCO)C1=O. The maximum absolute atomic E-state index is 12.5. The average molecular weight is 278 g/mol. The van der Waals surface area contributed by atoms with Crippen LogP contribution in [-0.4, -0.2) is 42.2 Å². The zero-order chi connectivity index (χ0) is 14.8. The Kier molecular flexibility index (Phi) is 3.94. The third kappa shape index (κ3) is 2.12. The number of nitrogens with one attached hydrogen (secondary N) is 1. The first-order valence-corrected chi connectivity index (χ1v) is 6.48. The molecule has 108 valence electrons. The van der Waals surface area contributed by atoms with Crippen LogP contribution in [0.5, 0.6) is 5.75 Å². The Balaban J connectivity index is 2.38. The van der Waals surface area contributed by atoms with Gasteiger partial charge in [-0.25, -0.2) is 4.79 Å². The first kappa shape index (κ1) is 14.3. The smallest absolute Gasteiger partial charge is 0.325 e. The molecular formula is C14H18N2O4. The number of methoxy groups -OCH3 is 1. The normalized spacial score (nSPS) is 22.1. The molecule has 2 rings (SSSR count). The van der Waals surface area contributed by atoms with E-state index in [2.05, 4.69) is 5.32 Å². The number of carbonyl (C=O) groups is 2. The van der Waals surface area contributed by atoms with Gasteiger partial charge in [0.2, 0.25) is 0 Å². The van der Waals surface area contributed by atoms with Crippen LogP contribution < -0.4 is 10.1 Å². The molecule has 1 saturated heterocycles. The number of hydrogen-bond acceptors (Lipinski definition) is 4. The molecule has 0 spiro atoms. The summed E-state index contributed by atoms with van der Waals surface area (Å²) < 4.78 is 5.09. The lowest BCUT2D eigenvalue weighted by Crippen LogP contribution is -2.43. The lowest BCUT2D eigenvalue weighted by atomic mass is 9.87. The third-order valence-corrected chi connectivity index (χ3v) is 3.61. The molecule has 1 unspecified atom stereocenters. The minimum Gasteiger partial charge on any atom is -0.497 e. The molecular weight excluding hydrogens is 260 g/mol. The Morgan fingerprint density at radius 3 is 2.45 bits per heavy atom. The van der Waals surface area contributed by atoms with Crippen molar-refractivity contribution in [3.8, 4) is 5.75 Å². The minimum atomic E-state index is -1.06. The number of carbonyl (C=O) groups excluding carboxylic acids is 2. The predicted octanol–water partition coefficient (Wildman–Crippen LogP) is 0.845. The topological polar surface area (TPSA) is 78.9 Å². The summed E-state index contributed by atoms with van der Waals surface area (Å²) in [6.45, 7) is 1.59. The van der Waals surface area contributed by atoms with Gasteiger partial charge in [0.05, 0.1) is 20.3 Å². The number of rotatable bonds is 5. The van der Waals surface area contributed by atoms with E-state index in [9.17, 15) is 9.59 Å². The number of amides is 3. The van der Waals surface area contributed by atoms with Crippen LogP contribution in [0, 0.1) is 0 Å². The van der Waals surface area contributed by atoms with E-state index in [0.29, 0.717) is 17.7 Å². The number of hydrogen-bond donors (Lipinski definition) is 2. The average Bonchev–Trinajstić information content (AvgIpc) is 2.73. The van der Waals surface area contributed by atoms with E-state index in [0.717, 1.165) is 4.90 Å². The summed E-state index contributed by atoms with van der Waals surface area (Å²) in [4.78, 5) is 25.5. The van der Waals surface area contributed by atoms with Crippen LogP contribution in [0.25, 0.3) is 0 Å². The van der Waals surface area contributed by atoms with E-state index < -0.39 is 11.6 Å². The number of nitrogens with zero attached hydrogens (tertiary/aromatic N) is 1. The van der Waals surface area contributed by atoms with Gasteiger partial charge >= 0.3 is 6.03 Å². The van der Waals surface area contributed by atoms with Gasteiger partial charge in [-0.15, -0.1) is 0 Å². The maximum Gasteiger partial charge on any atom is 0.325 e. The minimum absolute atomic E-state index is 0.00255. The number of benzene rings is 1. The standard InChI is InChI=1S/C14H18N2O4/c1-3-14(10-4-6-11(20-2)7-5-10)12(18)16(8-9-17)13(19)15-14/h4-7,17H,3,8-9H2,1-2H3,(H,15,19). The van der Waals surface area contributed by atoms with Crippen molar-refractivity contribution in [3.63, 3.8) is 0 Å². The lowest BCUT2D eigenvalue weighted by Gasteiger charge is -2.25. The summed E-state index contributed by atoms with van der Waals surface area (Å²) in [5.41, 5.74) is -0.349. The van der Waals surface area contributed by atoms with Crippen molar-refractivity contribution in [2.45, 2.75) is 18.9 Å². The van der Waals surface area contributed by atoms with E-state index in [1.165, 1.54) is 0 Å². The summed E-state index contributed by atoms with van der Waals surface area (Å²) in [5.74, 6) is 0.355. The van der Waals surface area contributed by atoms with Crippen LogP contribution in [0.4, 0.5) is 4.79 Å². The van der Waals surface area contributed by atoms with Gasteiger partial charge in [-0.05, 0) is 24.1 Å². The predicted molar refractivity (Wildman–Crippen MR) is 72.3 cm³/mol. The van der Waals surface area contributed by atoms with Crippen molar-refractivity contribution in [2.75, 3.05) is 20.3 Å². The number of urea groups is 1. The molecule has 1 atom stereocenters. The van der Waals surface area contributed by atoms with E-state index in [1.807, 2.05) is 6.92 Å². The van der Waals surface area contributed by atoms with Gasteiger partial charge in [0.15, 0.2) is 0 Å². The van der Waals surface area contributed by atoms with Crippen LogP contribution in [0.3, 0.4) is 0 Å². The zero-order valence-electron chi connectivity index (χ0n) is 11.5. The molecule has 1 aliphatic heterocycles. The zero-order valence-corrected chi connectivity index (χ0v) is 11.5. The number of imide groups is 1. The maximum atomic E-state index is 12.5. The second kappa shape index (κ2) is 5.50. The largest absolute Gasteiger partial charge is 0.497 e. The molecule has 3 amide bonds. The number of aliphatic hydroxyl groups is 1. The van der Waals surface area contributed by atoms with Gasteiger partial charge in [0.1, 0.15) is 11.3 Å². The third-order valence-electron chi connectivity index (χ3n) is 3.61. The van der Waals surface area contributed by atoms with Crippen LogP contribution in [0.1, 0.15) is 18.9 Å². The van der Waals surface area contributed by atoms with Crippen molar-refractivity contribution < 1.29 is 19.4 Å². The second-order valence-electron chi connectivity index (χ2n) is 4.60. The van der Waals surface area contributed by atoms with E-state index >= 15 is 0 Å². The molecule has 0 aliphatic carbocycles. The van der Waals surface area contributed by atoms with E-state index in [4.69, 9.17) is 9.84 Å². The van der Waals surface area contributed by atoms with Crippen molar-refractivity contribution in [2.24, 2.45) is 0 Å². The van der Waals surface area contributed by atoms with E-state index in [1.54, 1.807) is 31.4 Å². The molecule has 0 bridgehead atoms. The number of ether oxygens (including phenoxy) is 1. The summed E-state index contributed by atoms with van der Waals surface area (Å²) >= 11 is 0. The number of β-amino-alcohol motifs (C(OH)–C–C–N with tert-alkyl or cyclic N) is 1. The molecule has 6 nitrogen and oxygen atoms in total. The van der Waals surface area contributed by atoms with Gasteiger partial charge in [-0.1, -0.05) is 19.1 Å². The molecule has 1 aliphatic rings. The first-order chi connectivity index (χ1) is 9.58. The fourth-order valence-electron chi connectivity index (χ4n) is 2.44. The molecule has 20 heavy (non-hydrogen) atoms. The monoisotopic (exact) mass is 278 g/mol. The van der Waals surface area contributed by atoms with Crippen LogP contribution in [0.15, 0.2) is 24.3 Å². The molecule has 0 radical (unpaired) electrons. The molecule has 1 fully saturated rings. The van der Waals surface area contributed by atoms with E-state index in [-0.39, 0.29) is 19.1 Å². The van der Waals surface area contributed by atoms with Gasteiger partial charge < -0.3 is 15.2 Å². The van der Waals surface area contributed by atoms with Crippen LogP contribution in [-0.2, 0) is 10.3 Å². The Morgan fingerprint density at radius 2 is 1.95 bits per heavy atom. The molecule has 0 aromatic heterocycles. The Labute approximate surface area is 117 Å². The van der Waals surface area contributed by atoms with Crippen LogP contribution in [0.2, 0.25) is 0 Å². The van der Waals surface area contributed by atoms with Gasteiger partial charge in [0, 0.05) is 0 Å². The molecule has 1 heterocycles. The molecule has 2 N–H and O–H groups in total. The second-order valence-corrected chi connectivity index (χ2v) is 4.60. The molecule has 1 aromatic rings. The summed E-state index contributed by atoms with van der Waals surface area (Å²) in [6.07, 6.45) is 0.436. The van der Waals surface area contributed by atoms with Crippen molar-refractivity contribution in [1.29, 1.82) is 0 Å². The summed E-state index contributed by atoms with van der Waals surface area (Å²) in [7, 11) is 1.57. The summed E-state index contributed by atoms with van der Waals surface area (Å²) in [5, 5.41) is 11.7. The highest BCUT2D eigenvalue weighted by molar-refractivity contribution is 6.07. The highest BCUT2D eigenvalue weighted by Gasteiger charge is 2.50. The number of aliphatic hydroxyl groups excluding tert-OH is 1. The van der Waals surface area contributed by atoms with Crippen molar-refractivity contribution in [3.05, 3.63) is 29.8 Å². The highest BCUT2D eigenvalue weighted by atomic mass is 16.5. The van der Waals surface area contributed by atoms with Gasteiger partial charge in [-0.3, -0.25) is 9.69 Å². The van der Waals surface area contributed by atoms with Crippen LogP contribution >= 0.6 is 0 Å². The first-order valence-electron chi connectivity index (χ1n) is 6.48. The Morgan fingerprint density at radius 1 is 1.30 bits per heavy atom. The van der Waals surface area contributed by atoms with Crippen molar-refractivity contribution >= 4 is 11.9 Å². The summed E-state index contributed by atoms with van der Waals surface area (Å²) in [6, 6.07) is 6.56. The van der Waals surface area contributed by atoms with Crippen molar-refractivity contribution in [1.82, 2.24) is 10.2 Å². The fraction of sp³-hybridized carbons (Fsp3) is 0.429. The molecule has 6 heteroatoms. The quantitative estimate of drug-likeness (QED) is 0.782. The molecule has 1 aromatic carbocycles. The Hall–Kier alpha value is -2.08. The fourth-order valence-corrected chi connectivity index (χ4v) is 2.44. The Bertz CT molecular complexity index is 514.